The number of aliphatic imine (C=N–C) groups is 1. The summed E-state index contributed by atoms with van der Waals surface area (Å²) in [5.41, 5.74) is 0.730. The first-order valence-corrected chi connectivity index (χ1v) is 11.0. The number of aromatic hydroxyl groups is 2. The minimum atomic E-state index is -0.718. The molecule has 0 bridgehead atoms. The standard InChI is InChI=1S/C24H27ClN2O5/c25-23-18-15-17(26-11-10-21(30)27-12-6-7-13-27)9-5-3-1-2-4-8-14-32-24(31)22(18)19(28)16-20(23)29/h2,4-7,9,16,28-29H,1,3,8,10-15H2. The number of cyclic esters (lactones) is 1. The van der Waals surface area contributed by atoms with Gasteiger partial charge in [-0.1, -0.05) is 42.0 Å². The Labute approximate surface area is 192 Å². The summed E-state index contributed by atoms with van der Waals surface area (Å²) in [6, 6.07) is 1.03. The fourth-order valence-electron chi connectivity index (χ4n) is 3.50. The van der Waals surface area contributed by atoms with E-state index in [1.165, 1.54) is 0 Å². The van der Waals surface area contributed by atoms with Gasteiger partial charge in [0.2, 0.25) is 5.91 Å². The number of carbonyl (C=O) groups excluding carboxylic acids is 2. The van der Waals surface area contributed by atoms with Crippen LogP contribution in [-0.2, 0) is 16.0 Å². The van der Waals surface area contributed by atoms with Crippen molar-refractivity contribution in [1.82, 2.24) is 4.90 Å². The molecule has 0 saturated heterocycles. The molecule has 0 fully saturated rings. The highest BCUT2D eigenvalue weighted by Crippen LogP contribution is 2.37. The summed E-state index contributed by atoms with van der Waals surface area (Å²) in [5.74, 6) is -1.44. The van der Waals surface area contributed by atoms with Crippen LogP contribution in [0.15, 0.2) is 47.5 Å². The number of esters is 1. The summed E-state index contributed by atoms with van der Waals surface area (Å²) in [7, 11) is 0. The zero-order valence-corrected chi connectivity index (χ0v) is 18.6. The fourth-order valence-corrected chi connectivity index (χ4v) is 3.72. The maximum atomic E-state index is 12.7. The van der Waals surface area contributed by atoms with Crippen LogP contribution >= 0.6 is 11.6 Å². The molecule has 8 heteroatoms. The second kappa shape index (κ2) is 11.5. The van der Waals surface area contributed by atoms with E-state index in [-0.39, 0.29) is 53.8 Å². The number of hydrogen-bond acceptors (Lipinski definition) is 6. The number of carbonyl (C=O) groups is 2. The number of halogens is 1. The lowest BCUT2D eigenvalue weighted by Crippen LogP contribution is -2.28. The molecule has 2 aliphatic heterocycles. The summed E-state index contributed by atoms with van der Waals surface area (Å²) in [6.45, 7) is 1.67. The van der Waals surface area contributed by atoms with Crippen LogP contribution < -0.4 is 0 Å². The molecule has 0 unspecified atom stereocenters. The third-order valence-electron chi connectivity index (χ3n) is 5.19. The van der Waals surface area contributed by atoms with Gasteiger partial charge in [0.1, 0.15) is 17.1 Å². The zero-order chi connectivity index (χ0) is 22.9. The molecule has 0 atom stereocenters. The van der Waals surface area contributed by atoms with E-state index in [1.807, 2.05) is 36.5 Å². The zero-order valence-electron chi connectivity index (χ0n) is 17.8. The van der Waals surface area contributed by atoms with Gasteiger partial charge in [-0.25, -0.2) is 4.79 Å². The van der Waals surface area contributed by atoms with Gasteiger partial charge in [0.25, 0.3) is 0 Å². The van der Waals surface area contributed by atoms with Gasteiger partial charge in [-0.15, -0.1) is 0 Å². The Kier molecular flexibility index (Phi) is 8.50. The highest BCUT2D eigenvalue weighted by atomic mass is 35.5. The average molecular weight is 459 g/mol. The van der Waals surface area contributed by atoms with Gasteiger partial charge in [0.05, 0.1) is 11.6 Å². The largest absolute Gasteiger partial charge is 0.507 e. The van der Waals surface area contributed by atoms with Crippen molar-refractivity contribution in [3.8, 4) is 11.5 Å². The Hall–Kier alpha value is -3.06. The van der Waals surface area contributed by atoms with E-state index in [1.54, 1.807) is 4.90 Å². The summed E-state index contributed by atoms with van der Waals surface area (Å²) in [5, 5.41) is 20.4. The van der Waals surface area contributed by atoms with Gasteiger partial charge in [-0.05, 0) is 30.9 Å². The first-order valence-electron chi connectivity index (χ1n) is 10.7. The van der Waals surface area contributed by atoms with Crippen molar-refractivity contribution in [3.05, 3.63) is 58.7 Å². The van der Waals surface area contributed by atoms with Crippen LogP contribution in [0.4, 0.5) is 0 Å². The number of rotatable bonds is 3. The highest BCUT2D eigenvalue weighted by molar-refractivity contribution is 6.33. The number of hydrogen-bond donors (Lipinski definition) is 2. The molecule has 3 rings (SSSR count). The van der Waals surface area contributed by atoms with E-state index in [0.717, 1.165) is 18.9 Å². The maximum absolute atomic E-state index is 12.7. The number of phenols is 2. The molecule has 0 radical (unpaired) electrons. The van der Waals surface area contributed by atoms with Crippen LogP contribution in [-0.4, -0.2) is 58.9 Å². The van der Waals surface area contributed by atoms with Gasteiger partial charge in [-0.3, -0.25) is 9.79 Å². The molecule has 2 N–H and O–H groups in total. The summed E-state index contributed by atoms with van der Waals surface area (Å²) in [4.78, 5) is 31.3. The minimum absolute atomic E-state index is 0.0201. The molecule has 2 heterocycles. The quantitative estimate of drug-likeness (QED) is 0.527. The van der Waals surface area contributed by atoms with E-state index in [4.69, 9.17) is 16.3 Å². The van der Waals surface area contributed by atoms with Crippen LogP contribution in [0.5, 0.6) is 11.5 Å². The smallest absolute Gasteiger partial charge is 0.342 e. The molecule has 170 valence electrons. The number of benzene rings is 1. The molecule has 0 aromatic heterocycles. The van der Waals surface area contributed by atoms with Gasteiger partial charge >= 0.3 is 5.97 Å². The van der Waals surface area contributed by atoms with Crippen molar-refractivity contribution in [3.63, 3.8) is 0 Å². The second-order valence-corrected chi connectivity index (χ2v) is 7.91. The first-order chi connectivity index (χ1) is 15.5. The van der Waals surface area contributed by atoms with Crippen LogP contribution in [0, 0.1) is 0 Å². The number of nitrogens with zero attached hydrogens (tertiary/aromatic N) is 2. The molecular weight excluding hydrogens is 432 g/mol. The Morgan fingerprint density at radius 3 is 2.56 bits per heavy atom. The minimum Gasteiger partial charge on any atom is -0.507 e. The molecule has 32 heavy (non-hydrogen) atoms. The summed E-state index contributed by atoms with van der Waals surface area (Å²) >= 11 is 6.31. The van der Waals surface area contributed by atoms with Crippen LogP contribution in [0.3, 0.4) is 0 Å². The lowest BCUT2D eigenvalue weighted by atomic mass is 9.99. The van der Waals surface area contributed by atoms with E-state index in [0.29, 0.717) is 25.2 Å². The monoisotopic (exact) mass is 458 g/mol. The van der Waals surface area contributed by atoms with Crippen molar-refractivity contribution in [2.75, 3.05) is 26.2 Å². The average Bonchev–Trinajstić information content (AvgIpc) is 3.30. The number of ether oxygens (including phenoxy) is 1. The topological polar surface area (TPSA) is 99.4 Å². The van der Waals surface area contributed by atoms with Crippen molar-refractivity contribution >= 4 is 29.2 Å². The molecule has 2 aliphatic rings. The number of amides is 1. The third-order valence-corrected chi connectivity index (χ3v) is 5.61. The van der Waals surface area contributed by atoms with Gasteiger partial charge in [0.15, 0.2) is 0 Å². The Morgan fingerprint density at radius 2 is 1.78 bits per heavy atom. The Balaban J connectivity index is 1.88. The lowest BCUT2D eigenvalue weighted by Gasteiger charge is -2.15. The molecule has 1 aromatic rings. The van der Waals surface area contributed by atoms with Crippen molar-refractivity contribution in [1.29, 1.82) is 0 Å². The molecule has 0 spiro atoms. The number of phenolic OH excluding ortho intramolecular Hbond substituents is 2. The molecule has 1 amide bonds. The van der Waals surface area contributed by atoms with Gasteiger partial charge in [-0.2, -0.15) is 0 Å². The van der Waals surface area contributed by atoms with Crippen molar-refractivity contribution in [2.24, 2.45) is 4.99 Å². The van der Waals surface area contributed by atoms with E-state index in [9.17, 15) is 19.8 Å². The SMILES string of the molecule is O=C1OCCC=CCCC=CC(=NCCC(=O)N2CC=CC2)Cc2c(Cl)c(O)cc(O)c21. The predicted octanol–water partition coefficient (Wildman–Crippen LogP) is 3.98. The maximum Gasteiger partial charge on any atom is 0.342 e. The van der Waals surface area contributed by atoms with Crippen LogP contribution in [0.2, 0.25) is 5.02 Å². The van der Waals surface area contributed by atoms with Gasteiger partial charge < -0.3 is 19.8 Å². The van der Waals surface area contributed by atoms with Gasteiger partial charge in [0, 0.05) is 44.3 Å². The molecule has 7 nitrogen and oxygen atoms in total. The van der Waals surface area contributed by atoms with Crippen molar-refractivity contribution in [2.45, 2.75) is 32.1 Å². The summed E-state index contributed by atoms with van der Waals surface area (Å²) in [6.07, 6.45) is 14.2. The Morgan fingerprint density at radius 1 is 1.06 bits per heavy atom. The third kappa shape index (κ3) is 6.23. The highest BCUT2D eigenvalue weighted by Gasteiger charge is 2.24. The van der Waals surface area contributed by atoms with Crippen molar-refractivity contribution < 1.29 is 24.5 Å². The number of fused-ring (bicyclic) bond motifs is 1. The van der Waals surface area contributed by atoms with E-state index < -0.39 is 11.7 Å². The van der Waals surface area contributed by atoms with E-state index >= 15 is 0 Å². The Bertz CT molecular complexity index is 973. The molecule has 1 aromatic carbocycles. The second-order valence-electron chi connectivity index (χ2n) is 7.53. The van der Waals surface area contributed by atoms with Crippen LogP contribution in [0.1, 0.15) is 41.6 Å². The van der Waals surface area contributed by atoms with E-state index in [2.05, 4.69) is 4.99 Å². The predicted molar refractivity (Wildman–Crippen MR) is 124 cm³/mol. The lowest BCUT2D eigenvalue weighted by molar-refractivity contribution is -0.129. The molecule has 0 aliphatic carbocycles. The fraction of sp³-hybridized carbons (Fsp3) is 0.375. The van der Waals surface area contributed by atoms with Crippen LogP contribution in [0.25, 0.3) is 0 Å². The normalized spacial score (nSPS) is 18.5. The molecular formula is C24H27ClN2O5. The summed E-state index contributed by atoms with van der Waals surface area (Å²) < 4.78 is 5.29. The molecule has 0 saturated carbocycles. The first kappa shape index (κ1) is 23.6. The number of allylic oxidation sites excluding steroid dienone is 3.